The molecule has 1 aromatic heterocycles. The summed E-state index contributed by atoms with van der Waals surface area (Å²) in [7, 11) is 1.46. The number of hydrogen-bond acceptors (Lipinski definition) is 7. The molecule has 164 valence electrons. The predicted molar refractivity (Wildman–Crippen MR) is 122 cm³/mol. The lowest BCUT2D eigenvalue weighted by Gasteiger charge is -2.22. The van der Waals surface area contributed by atoms with Gasteiger partial charge >= 0.3 is 5.97 Å². The molecule has 4 rings (SSSR count). The number of esters is 1. The third kappa shape index (κ3) is 3.85. The highest BCUT2D eigenvalue weighted by atomic mass is 32.1. The summed E-state index contributed by atoms with van der Waals surface area (Å²) in [6.07, 6.45) is 1.71. The van der Waals surface area contributed by atoms with Gasteiger partial charge in [-0.25, -0.2) is 9.79 Å². The van der Waals surface area contributed by atoms with Crippen molar-refractivity contribution in [3.05, 3.63) is 84.9 Å². The second kappa shape index (κ2) is 8.84. The average Bonchev–Trinajstić information content (AvgIpc) is 3.10. The number of aromatic nitrogens is 1. The summed E-state index contributed by atoms with van der Waals surface area (Å²) < 4.78 is 12.3. The number of ether oxygens (including phenoxy) is 2. The molecule has 7 nitrogen and oxygen atoms in total. The Morgan fingerprint density at radius 1 is 1.25 bits per heavy atom. The summed E-state index contributed by atoms with van der Waals surface area (Å²) in [5.74, 6) is -0.153. The minimum absolute atomic E-state index is 0.0189. The number of aromatic hydroxyl groups is 1. The summed E-state index contributed by atoms with van der Waals surface area (Å²) in [5.41, 5.74) is 2.13. The Morgan fingerprint density at radius 2 is 2.00 bits per heavy atom. The number of phenolic OH excluding ortho intramolecular Hbond substituents is 1. The van der Waals surface area contributed by atoms with Gasteiger partial charge in [-0.05, 0) is 43.2 Å². The molecule has 0 fully saturated rings. The molecule has 0 aliphatic carbocycles. The minimum Gasteiger partial charge on any atom is -0.504 e. The quantitative estimate of drug-likeness (QED) is 0.604. The predicted octanol–water partition coefficient (Wildman–Crippen LogP) is 2.62. The Bertz CT molecular complexity index is 1390. The second-order valence-electron chi connectivity index (χ2n) is 7.13. The Morgan fingerprint density at radius 3 is 2.69 bits per heavy atom. The van der Waals surface area contributed by atoms with Crippen molar-refractivity contribution in [2.45, 2.75) is 19.9 Å². The van der Waals surface area contributed by atoms with Crippen LogP contribution in [0.2, 0.25) is 0 Å². The molecule has 1 aliphatic rings. The summed E-state index contributed by atoms with van der Waals surface area (Å²) >= 11 is 1.24. The van der Waals surface area contributed by atoms with E-state index in [9.17, 15) is 14.7 Å². The third-order valence-corrected chi connectivity index (χ3v) is 6.14. The first kappa shape index (κ1) is 21.6. The number of thiazole rings is 1. The van der Waals surface area contributed by atoms with Gasteiger partial charge in [0.15, 0.2) is 16.3 Å². The van der Waals surface area contributed by atoms with Gasteiger partial charge in [0.25, 0.3) is 5.56 Å². The topological polar surface area (TPSA) is 90.1 Å². The minimum atomic E-state index is -0.560. The molecule has 0 spiro atoms. The molecule has 0 saturated heterocycles. The molecule has 8 heteroatoms. The number of carbonyl (C=O) groups is 1. The molecular weight excluding hydrogens is 428 g/mol. The van der Waals surface area contributed by atoms with Gasteiger partial charge < -0.3 is 14.6 Å². The van der Waals surface area contributed by atoms with Crippen LogP contribution in [0.3, 0.4) is 0 Å². The number of carbonyl (C=O) groups excluding carboxylic acids is 1. The van der Waals surface area contributed by atoms with Crippen LogP contribution in [0.5, 0.6) is 11.5 Å². The van der Waals surface area contributed by atoms with E-state index in [0.717, 1.165) is 5.56 Å². The van der Waals surface area contributed by atoms with Gasteiger partial charge in [0, 0.05) is 5.70 Å². The number of hydrogen-bond donors (Lipinski definition) is 1. The van der Waals surface area contributed by atoms with Crippen LogP contribution < -0.4 is 19.6 Å². The lowest BCUT2D eigenvalue weighted by molar-refractivity contribution is -0.138. The molecule has 0 bridgehead atoms. The van der Waals surface area contributed by atoms with Crippen molar-refractivity contribution in [3.63, 3.8) is 0 Å². The van der Waals surface area contributed by atoms with E-state index in [-0.39, 0.29) is 17.9 Å². The normalized spacial score (nSPS) is 15.8. The zero-order valence-corrected chi connectivity index (χ0v) is 18.7. The monoisotopic (exact) mass is 450 g/mol. The molecule has 1 N–H and O–H groups in total. The smallest absolute Gasteiger partial charge is 0.338 e. The van der Waals surface area contributed by atoms with Crippen LogP contribution in [-0.4, -0.2) is 29.4 Å². The van der Waals surface area contributed by atoms with Crippen LogP contribution in [0.1, 0.15) is 31.0 Å². The van der Waals surface area contributed by atoms with Gasteiger partial charge in [0.1, 0.15) is 6.04 Å². The number of rotatable bonds is 5. The third-order valence-electron chi connectivity index (χ3n) is 5.16. The fraction of sp³-hybridized carbons (Fsp3) is 0.208. The maximum atomic E-state index is 13.2. The van der Waals surface area contributed by atoms with Crippen molar-refractivity contribution in [2.75, 3.05) is 13.7 Å². The van der Waals surface area contributed by atoms with Crippen LogP contribution in [-0.2, 0) is 9.53 Å². The Hall–Kier alpha value is -3.65. The second-order valence-corrected chi connectivity index (χ2v) is 8.14. The Labute approximate surface area is 188 Å². The number of nitrogens with zero attached hydrogens (tertiary/aromatic N) is 2. The van der Waals surface area contributed by atoms with Gasteiger partial charge in [-0.2, -0.15) is 0 Å². The van der Waals surface area contributed by atoms with E-state index in [0.29, 0.717) is 31.9 Å². The van der Waals surface area contributed by atoms with E-state index in [2.05, 4.69) is 0 Å². The molecule has 1 atom stereocenters. The van der Waals surface area contributed by atoms with E-state index < -0.39 is 12.0 Å². The molecular formula is C24H22N2O5S. The summed E-state index contributed by atoms with van der Waals surface area (Å²) in [6, 6.07) is 13.8. The number of methoxy groups -OCH3 is 1. The molecule has 0 radical (unpaired) electrons. The van der Waals surface area contributed by atoms with Gasteiger partial charge in [-0.3, -0.25) is 9.36 Å². The molecule has 0 unspecified atom stereocenters. The summed E-state index contributed by atoms with van der Waals surface area (Å²) in [4.78, 5) is 31.3. The Kier molecular flexibility index (Phi) is 5.96. The Balaban J connectivity index is 1.93. The maximum Gasteiger partial charge on any atom is 0.338 e. The molecule has 1 aliphatic heterocycles. The van der Waals surface area contributed by atoms with Crippen molar-refractivity contribution >= 4 is 29.1 Å². The maximum absolute atomic E-state index is 13.2. The molecule has 2 aromatic carbocycles. The summed E-state index contributed by atoms with van der Waals surface area (Å²) in [5, 5.41) is 9.82. The highest BCUT2D eigenvalue weighted by Gasteiger charge is 2.31. The van der Waals surface area contributed by atoms with Crippen molar-refractivity contribution in [1.29, 1.82) is 0 Å². The van der Waals surface area contributed by atoms with Crippen molar-refractivity contribution in [3.8, 4) is 11.5 Å². The molecule has 32 heavy (non-hydrogen) atoms. The molecule has 0 saturated carbocycles. The van der Waals surface area contributed by atoms with Gasteiger partial charge in [-0.15, -0.1) is 0 Å². The number of phenols is 1. The van der Waals surface area contributed by atoms with E-state index in [1.807, 2.05) is 30.3 Å². The SMILES string of the molecule is CCOC(=O)C1=C(C)n2c(s/c(=C\c3ccc(O)c(OC)c3)c2=O)=N[C@@H]1c1ccccc1. The average molecular weight is 451 g/mol. The highest BCUT2D eigenvalue weighted by molar-refractivity contribution is 7.07. The van der Waals surface area contributed by atoms with Gasteiger partial charge in [-0.1, -0.05) is 47.7 Å². The van der Waals surface area contributed by atoms with E-state index >= 15 is 0 Å². The largest absolute Gasteiger partial charge is 0.504 e. The fourth-order valence-corrected chi connectivity index (χ4v) is 4.67. The first-order valence-corrected chi connectivity index (χ1v) is 10.9. The highest BCUT2D eigenvalue weighted by Crippen LogP contribution is 2.32. The van der Waals surface area contributed by atoms with Crippen LogP contribution in [0.4, 0.5) is 0 Å². The number of allylic oxidation sites excluding steroid dienone is 1. The van der Waals surface area contributed by atoms with Crippen LogP contribution in [0.15, 0.2) is 63.9 Å². The zero-order chi connectivity index (χ0) is 22.8. The van der Waals surface area contributed by atoms with Crippen molar-refractivity contribution < 1.29 is 19.4 Å². The lowest BCUT2D eigenvalue weighted by atomic mass is 9.97. The van der Waals surface area contributed by atoms with E-state index in [1.165, 1.54) is 29.1 Å². The van der Waals surface area contributed by atoms with Crippen LogP contribution >= 0.6 is 11.3 Å². The van der Waals surface area contributed by atoms with Crippen LogP contribution in [0, 0.1) is 0 Å². The van der Waals surface area contributed by atoms with Crippen molar-refractivity contribution in [2.24, 2.45) is 4.99 Å². The van der Waals surface area contributed by atoms with Gasteiger partial charge in [0.05, 0.1) is 23.8 Å². The zero-order valence-electron chi connectivity index (χ0n) is 17.9. The lowest BCUT2D eigenvalue weighted by Crippen LogP contribution is -2.35. The first-order valence-electron chi connectivity index (χ1n) is 10.1. The summed E-state index contributed by atoms with van der Waals surface area (Å²) in [6.45, 7) is 3.71. The first-order chi connectivity index (χ1) is 15.4. The van der Waals surface area contributed by atoms with E-state index in [4.69, 9.17) is 14.5 Å². The standard InChI is InChI=1S/C24H22N2O5S/c1-4-31-23(29)20-14(2)26-22(28)19(13-15-10-11-17(27)18(12-15)30-3)32-24(26)25-21(20)16-8-6-5-7-9-16/h5-13,21,27H,4H2,1-3H3/b19-13-/t21-/m1/s1. The van der Waals surface area contributed by atoms with Crippen LogP contribution in [0.25, 0.3) is 11.8 Å². The van der Waals surface area contributed by atoms with Gasteiger partial charge in [0.2, 0.25) is 0 Å². The number of benzene rings is 2. The molecule has 0 amide bonds. The van der Waals surface area contributed by atoms with E-state index in [1.54, 1.807) is 32.1 Å². The fourth-order valence-electron chi connectivity index (χ4n) is 3.63. The molecule has 3 aromatic rings. The van der Waals surface area contributed by atoms with Crippen molar-refractivity contribution in [1.82, 2.24) is 4.57 Å². The molecule has 2 heterocycles. The number of fused-ring (bicyclic) bond motifs is 1.